The van der Waals surface area contributed by atoms with E-state index in [-0.39, 0.29) is 6.10 Å². The van der Waals surface area contributed by atoms with Gasteiger partial charge >= 0.3 is 0 Å². The van der Waals surface area contributed by atoms with Crippen LogP contribution in [0.25, 0.3) is 0 Å². The lowest BCUT2D eigenvalue weighted by atomic mass is 9.99. The molecule has 0 aliphatic carbocycles. The molecule has 4 nitrogen and oxygen atoms in total. The van der Waals surface area contributed by atoms with E-state index in [1.54, 1.807) is 0 Å². The van der Waals surface area contributed by atoms with Crippen molar-refractivity contribution >= 4 is 0 Å². The van der Waals surface area contributed by atoms with Gasteiger partial charge in [0.1, 0.15) is 5.82 Å². The fraction of sp³-hybridized carbons (Fsp3) is 0.769. The summed E-state index contributed by atoms with van der Waals surface area (Å²) in [6, 6.07) is 0. The van der Waals surface area contributed by atoms with E-state index in [2.05, 4.69) is 27.7 Å². The third kappa shape index (κ3) is 3.30. The topological polar surface area (TPSA) is 41.3 Å². The van der Waals surface area contributed by atoms with Gasteiger partial charge in [0.15, 0.2) is 0 Å². The number of likely N-dealkylation sites (N-methyl/N-ethyl adjacent to an activating group) is 1. The highest BCUT2D eigenvalue weighted by molar-refractivity contribution is 4.96. The molecule has 0 fully saturated rings. The van der Waals surface area contributed by atoms with E-state index in [4.69, 9.17) is 0 Å². The average molecular weight is 237 g/mol. The molecule has 1 aliphatic rings. The summed E-state index contributed by atoms with van der Waals surface area (Å²) in [5, 5.41) is 9.63. The number of aliphatic hydroxyl groups excluding tert-OH is 1. The summed E-state index contributed by atoms with van der Waals surface area (Å²) in [5.74, 6) is 1.91. The van der Waals surface area contributed by atoms with Crippen LogP contribution in [0.5, 0.6) is 0 Å². The van der Waals surface area contributed by atoms with E-state index >= 15 is 0 Å². The summed E-state index contributed by atoms with van der Waals surface area (Å²) < 4.78 is 2.26. The minimum absolute atomic E-state index is 0.188. The minimum atomic E-state index is -0.188. The predicted octanol–water partition coefficient (Wildman–Crippen LogP) is 1.15. The molecule has 2 heterocycles. The summed E-state index contributed by atoms with van der Waals surface area (Å²) in [6.07, 6.45) is 6.91. The summed E-state index contributed by atoms with van der Waals surface area (Å²) in [5.41, 5.74) is 0. The van der Waals surface area contributed by atoms with E-state index in [0.717, 1.165) is 32.5 Å². The van der Waals surface area contributed by atoms with Gasteiger partial charge < -0.3 is 14.6 Å². The summed E-state index contributed by atoms with van der Waals surface area (Å²) >= 11 is 0. The number of aromatic nitrogens is 2. The zero-order valence-corrected chi connectivity index (χ0v) is 10.8. The van der Waals surface area contributed by atoms with E-state index in [1.165, 1.54) is 12.2 Å². The Balaban J connectivity index is 1.81. The van der Waals surface area contributed by atoms with Crippen molar-refractivity contribution in [1.29, 1.82) is 0 Å². The first-order valence-corrected chi connectivity index (χ1v) is 6.55. The van der Waals surface area contributed by atoms with E-state index in [0.29, 0.717) is 5.92 Å². The van der Waals surface area contributed by atoms with Crippen LogP contribution in [0.15, 0.2) is 12.4 Å². The predicted molar refractivity (Wildman–Crippen MR) is 67.8 cm³/mol. The second kappa shape index (κ2) is 5.65. The van der Waals surface area contributed by atoms with Gasteiger partial charge in [-0.15, -0.1) is 0 Å². The smallest absolute Gasteiger partial charge is 0.108 e. The van der Waals surface area contributed by atoms with Gasteiger partial charge in [-0.1, -0.05) is 6.92 Å². The van der Waals surface area contributed by atoms with Crippen LogP contribution >= 0.6 is 0 Å². The molecule has 0 bridgehead atoms. The zero-order chi connectivity index (χ0) is 12.3. The Morgan fingerprint density at radius 1 is 1.65 bits per heavy atom. The molecule has 0 saturated heterocycles. The second-order valence-electron chi connectivity index (χ2n) is 5.18. The number of fused-ring (bicyclic) bond motifs is 1. The molecule has 0 spiro atoms. The van der Waals surface area contributed by atoms with Crippen molar-refractivity contribution in [3.63, 3.8) is 0 Å². The van der Waals surface area contributed by atoms with Gasteiger partial charge in [-0.2, -0.15) is 0 Å². The van der Waals surface area contributed by atoms with Gasteiger partial charge in [-0.25, -0.2) is 4.98 Å². The number of nitrogens with zero attached hydrogens (tertiary/aromatic N) is 3. The van der Waals surface area contributed by atoms with Gasteiger partial charge in [0.2, 0.25) is 0 Å². The largest absolute Gasteiger partial charge is 0.392 e. The van der Waals surface area contributed by atoms with Crippen LogP contribution in [0, 0.1) is 5.92 Å². The highest BCUT2D eigenvalue weighted by Crippen LogP contribution is 2.19. The Labute approximate surface area is 103 Å². The van der Waals surface area contributed by atoms with Crippen LogP contribution < -0.4 is 0 Å². The molecule has 2 rings (SSSR count). The fourth-order valence-electron chi connectivity index (χ4n) is 2.59. The molecule has 17 heavy (non-hydrogen) atoms. The van der Waals surface area contributed by atoms with Crippen LogP contribution in [-0.4, -0.2) is 45.8 Å². The number of imidazole rings is 1. The summed E-state index contributed by atoms with van der Waals surface area (Å²) in [4.78, 5) is 6.59. The first-order valence-electron chi connectivity index (χ1n) is 6.55. The van der Waals surface area contributed by atoms with Crippen molar-refractivity contribution < 1.29 is 5.11 Å². The molecule has 1 aromatic heterocycles. The highest BCUT2D eigenvalue weighted by atomic mass is 16.3. The molecule has 0 amide bonds. The zero-order valence-electron chi connectivity index (χ0n) is 10.8. The fourth-order valence-corrected chi connectivity index (χ4v) is 2.59. The van der Waals surface area contributed by atoms with Crippen LogP contribution in [0.4, 0.5) is 0 Å². The van der Waals surface area contributed by atoms with Crippen molar-refractivity contribution in [3.8, 4) is 0 Å². The normalized spacial score (nSPS) is 21.5. The molecular formula is C13H23N3O. The SMILES string of the molecule is CC[C@H](O)CN(C)C[C@@H]1CCc2nccn2C1. The molecule has 0 radical (unpaired) electrons. The molecule has 0 saturated carbocycles. The number of rotatable bonds is 5. The van der Waals surface area contributed by atoms with Crippen LogP contribution in [0.3, 0.4) is 0 Å². The molecule has 0 aromatic carbocycles. The Kier molecular flexibility index (Phi) is 4.18. The maximum absolute atomic E-state index is 9.63. The van der Waals surface area contributed by atoms with E-state index < -0.39 is 0 Å². The first kappa shape index (κ1) is 12.6. The first-order chi connectivity index (χ1) is 8.19. The minimum Gasteiger partial charge on any atom is -0.392 e. The van der Waals surface area contributed by atoms with Gasteiger partial charge in [-0.3, -0.25) is 0 Å². The number of aliphatic hydroxyl groups is 1. The van der Waals surface area contributed by atoms with E-state index in [1.807, 2.05) is 13.1 Å². The molecule has 4 heteroatoms. The van der Waals surface area contributed by atoms with Gasteiger partial charge in [-0.05, 0) is 25.8 Å². The molecule has 1 aromatic rings. The lowest BCUT2D eigenvalue weighted by Crippen LogP contribution is -2.35. The Hall–Kier alpha value is -0.870. The Morgan fingerprint density at radius 2 is 2.47 bits per heavy atom. The van der Waals surface area contributed by atoms with Crippen molar-refractivity contribution in [2.75, 3.05) is 20.1 Å². The number of hydrogen-bond donors (Lipinski definition) is 1. The van der Waals surface area contributed by atoms with Crippen LogP contribution in [0.1, 0.15) is 25.6 Å². The van der Waals surface area contributed by atoms with Gasteiger partial charge in [0.25, 0.3) is 0 Å². The van der Waals surface area contributed by atoms with Crippen molar-refractivity contribution in [2.45, 2.75) is 38.8 Å². The lowest BCUT2D eigenvalue weighted by Gasteiger charge is -2.29. The Bertz CT molecular complexity index is 350. The molecule has 0 unspecified atom stereocenters. The number of hydrogen-bond acceptors (Lipinski definition) is 3. The third-order valence-electron chi connectivity index (χ3n) is 3.60. The van der Waals surface area contributed by atoms with Crippen molar-refractivity contribution in [3.05, 3.63) is 18.2 Å². The van der Waals surface area contributed by atoms with E-state index in [9.17, 15) is 5.11 Å². The van der Waals surface area contributed by atoms with Gasteiger partial charge in [0.05, 0.1) is 6.10 Å². The number of aryl methyl sites for hydroxylation is 1. The van der Waals surface area contributed by atoms with Crippen molar-refractivity contribution in [2.24, 2.45) is 5.92 Å². The third-order valence-corrected chi connectivity index (χ3v) is 3.60. The standard InChI is InChI=1S/C13H23N3O/c1-3-12(17)10-15(2)8-11-4-5-13-14-6-7-16(13)9-11/h6-7,11-12,17H,3-5,8-10H2,1-2H3/t11-,12-/m0/s1. The van der Waals surface area contributed by atoms with Crippen LogP contribution in [-0.2, 0) is 13.0 Å². The monoisotopic (exact) mass is 237 g/mol. The Morgan fingerprint density at radius 3 is 3.24 bits per heavy atom. The summed E-state index contributed by atoms with van der Waals surface area (Å²) in [7, 11) is 2.10. The second-order valence-corrected chi connectivity index (χ2v) is 5.18. The van der Waals surface area contributed by atoms with Crippen LogP contribution in [0.2, 0.25) is 0 Å². The van der Waals surface area contributed by atoms with Gasteiger partial charge in [0, 0.05) is 38.4 Å². The molecular weight excluding hydrogens is 214 g/mol. The molecule has 2 atom stereocenters. The quantitative estimate of drug-likeness (QED) is 0.835. The maximum Gasteiger partial charge on any atom is 0.108 e. The average Bonchev–Trinajstić information content (AvgIpc) is 2.75. The maximum atomic E-state index is 9.63. The van der Waals surface area contributed by atoms with Crippen molar-refractivity contribution in [1.82, 2.24) is 14.5 Å². The molecule has 1 aliphatic heterocycles. The molecule has 1 N–H and O–H groups in total. The molecule has 96 valence electrons. The summed E-state index contributed by atoms with van der Waals surface area (Å²) in [6.45, 7) is 4.94. The highest BCUT2D eigenvalue weighted by Gasteiger charge is 2.20. The lowest BCUT2D eigenvalue weighted by molar-refractivity contribution is 0.109.